The van der Waals surface area contributed by atoms with Crippen LogP contribution in [0.4, 0.5) is 4.39 Å². The molecule has 1 aromatic carbocycles. The molecule has 0 spiro atoms. The van der Waals surface area contributed by atoms with Gasteiger partial charge in [0.15, 0.2) is 0 Å². The van der Waals surface area contributed by atoms with Gasteiger partial charge in [-0.3, -0.25) is 9.69 Å². The molecule has 1 aliphatic heterocycles. The maximum absolute atomic E-state index is 13.0. The van der Waals surface area contributed by atoms with Crippen molar-refractivity contribution in [1.29, 1.82) is 0 Å². The molecule has 2 heterocycles. The Kier molecular flexibility index (Phi) is 6.43. The minimum Gasteiger partial charge on any atom is -0.348 e. The molecule has 0 radical (unpaired) electrons. The summed E-state index contributed by atoms with van der Waals surface area (Å²) in [7, 11) is 0. The van der Waals surface area contributed by atoms with E-state index in [4.69, 9.17) is 0 Å². The molecule has 0 bridgehead atoms. The van der Waals surface area contributed by atoms with Crippen LogP contribution in [0.2, 0.25) is 0 Å². The smallest absolute Gasteiger partial charge is 0.223 e. The highest BCUT2D eigenvalue weighted by atomic mass is 32.1. The minimum absolute atomic E-state index is 0.0840. The maximum Gasteiger partial charge on any atom is 0.223 e. The third-order valence-electron chi connectivity index (χ3n) is 5.09. The second kappa shape index (κ2) is 8.78. The SMILES string of the molecule is CC(C)C(NC(=O)C1CCN(Cc2ccc(F)cc2)CC1)c1cccs1. The number of piperidine rings is 1. The number of amides is 1. The van der Waals surface area contributed by atoms with Gasteiger partial charge in [-0.2, -0.15) is 0 Å². The zero-order chi connectivity index (χ0) is 18.5. The monoisotopic (exact) mass is 374 g/mol. The van der Waals surface area contributed by atoms with Gasteiger partial charge in [0.25, 0.3) is 0 Å². The van der Waals surface area contributed by atoms with Gasteiger partial charge in [-0.1, -0.05) is 32.0 Å². The second-order valence-corrected chi connectivity index (χ2v) is 8.40. The van der Waals surface area contributed by atoms with Crippen LogP contribution in [-0.4, -0.2) is 23.9 Å². The van der Waals surface area contributed by atoms with E-state index in [0.717, 1.165) is 38.0 Å². The van der Waals surface area contributed by atoms with Gasteiger partial charge in [0.05, 0.1) is 6.04 Å². The van der Waals surface area contributed by atoms with E-state index < -0.39 is 0 Å². The molecule has 5 heteroatoms. The summed E-state index contributed by atoms with van der Waals surface area (Å²) in [6, 6.07) is 10.9. The van der Waals surface area contributed by atoms with Gasteiger partial charge in [-0.25, -0.2) is 4.39 Å². The van der Waals surface area contributed by atoms with Crippen LogP contribution in [0.15, 0.2) is 41.8 Å². The van der Waals surface area contributed by atoms with E-state index in [1.54, 1.807) is 11.3 Å². The standard InChI is InChI=1S/C21H27FN2OS/c1-15(2)20(19-4-3-13-26-19)23-21(25)17-9-11-24(12-10-17)14-16-5-7-18(22)8-6-16/h3-8,13,15,17,20H,9-12,14H2,1-2H3,(H,23,25). The fourth-order valence-corrected chi connectivity index (χ4v) is 4.46. The number of hydrogen-bond acceptors (Lipinski definition) is 3. The van der Waals surface area contributed by atoms with Gasteiger partial charge in [-0.15, -0.1) is 11.3 Å². The van der Waals surface area contributed by atoms with Gasteiger partial charge in [-0.05, 0) is 61.0 Å². The lowest BCUT2D eigenvalue weighted by molar-refractivity contribution is -0.127. The number of nitrogens with zero attached hydrogens (tertiary/aromatic N) is 1. The zero-order valence-electron chi connectivity index (χ0n) is 15.5. The molecule has 140 valence electrons. The molecule has 3 nitrogen and oxygen atoms in total. The van der Waals surface area contributed by atoms with Crippen molar-refractivity contribution in [2.24, 2.45) is 11.8 Å². The van der Waals surface area contributed by atoms with Crippen LogP contribution in [0, 0.1) is 17.7 Å². The highest BCUT2D eigenvalue weighted by Crippen LogP contribution is 2.27. The van der Waals surface area contributed by atoms with Gasteiger partial charge in [0.2, 0.25) is 5.91 Å². The van der Waals surface area contributed by atoms with Crippen LogP contribution in [0.5, 0.6) is 0 Å². The highest BCUT2D eigenvalue weighted by molar-refractivity contribution is 7.10. The number of hydrogen-bond donors (Lipinski definition) is 1. The summed E-state index contributed by atoms with van der Waals surface area (Å²) in [6.45, 7) is 6.92. The zero-order valence-corrected chi connectivity index (χ0v) is 16.3. The summed E-state index contributed by atoms with van der Waals surface area (Å²) in [5.41, 5.74) is 1.12. The van der Waals surface area contributed by atoms with E-state index >= 15 is 0 Å². The van der Waals surface area contributed by atoms with E-state index in [1.165, 1.54) is 17.0 Å². The van der Waals surface area contributed by atoms with Crippen molar-refractivity contribution in [3.63, 3.8) is 0 Å². The van der Waals surface area contributed by atoms with Crippen molar-refractivity contribution in [2.45, 2.75) is 39.3 Å². The number of likely N-dealkylation sites (tertiary alicyclic amines) is 1. The van der Waals surface area contributed by atoms with Gasteiger partial charge < -0.3 is 5.32 Å². The molecule has 0 aliphatic carbocycles. The Labute approximate surface area is 159 Å². The summed E-state index contributed by atoms with van der Waals surface area (Å²) in [6.07, 6.45) is 1.75. The molecule has 1 aliphatic rings. The molecule has 0 saturated carbocycles. The number of benzene rings is 1. The Balaban J connectivity index is 1.50. The Hall–Kier alpha value is -1.72. The molecule has 1 fully saturated rings. The molecule has 1 saturated heterocycles. The van der Waals surface area contributed by atoms with Gasteiger partial charge in [0.1, 0.15) is 5.82 Å². The first-order chi connectivity index (χ1) is 12.5. The van der Waals surface area contributed by atoms with Crippen LogP contribution >= 0.6 is 11.3 Å². The number of nitrogens with one attached hydrogen (secondary N) is 1. The van der Waals surface area contributed by atoms with Crippen molar-refractivity contribution >= 4 is 17.2 Å². The Bertz CT molecular complexity index is 691. The lowest BCUT2D eigenvalue weighted by atomic mass is 9.94. The first kappa shape index (κ1) is 19.1. The van der Waals surface area contributed by atoms with Crippen LogP contribution in [-0.2, 0) is 11.3 Å². The summed E-state index contributed by atoms with van der Waals surface area (Å²) < 4.78 is 13.0. The van der Waals surface area contributed by atoms with E-state index in [1.807, 2.05) is 18.2 Å². The van der Waals surface area contributed by atoms with E-state index in [9.17, 15) is 9.18 Å². The molecule has 1 N–H and O–H groups in total. The summed E-state index contributed by atoms with van der Waals surface area (Å²) >= 11 is 1.70. The number of rotatable bonds is 6. The van der Waals surface area contributed by atoms with Crippen LogP contribution in [0.3, 0.4) is 0 Å². The number of thiophene rings is 1. The van der Waals surface area contributed by atoms with Crippen molar-refractivity contribution in [1.82, 2.24) is 10.2 Å². The first-order valence-corrected chi connectivity index (χ1v) is 10.2. The predicted molar refractivity (Wildman–Crippen MR) is 104 cm³/mol. The summed E-state index contributed by atoms with van der Waals surface area (Å²) in [5.74, 6) is 0.435. The molecule has 3 rings (SSSR count). The van der Waals surface area contributed by atoms with Crippen molar-refractivity contribution in [3.8, 4) is 0 Å². The minimum atomic E-state index is -0.199. The van der Waals surface area contributed by atoms with Crippen LogP contribution in [0.1, 0.15) is 43.2 Å². The first-order valence-electron chi connectivity index (χ1n) is 9.33. The molecule has 1 unspecified atom stereocenters. The Morgan fingerprint density at radius 2 is 1.92 bits per heavy atom. The molecule has 2 aromatic rings. The summed E-state index contributed by atoms with van der Waals surface area (Å²) in [4.78, 5) is 16.3. The third-order valence-corrected chi connectivity index (χ3v) is 6.05. The average Bonchev–Trinajstić information content (AvgIpc) is 3.16. The molecule has 1 atom stereocenters. The van der Waals surface area contributed by atoms with E-state index in [2.05, 4.69) is 35.5 Å². The van der Waals surface area contributed by atoms with Crippen molar-refractivity contribution < 1.29 is 9.18 Å². The molecular weight excluding hydrogens is 347 g/mol. The number of carbonyl (C=O) groups excluding carboxylic acids is 1. The lowest BCUT2D eigenvalue weighted by Crippen LogP contribution is -2.42. The fraction of sp³-hybridized carbons (Fsp3) is 0.476. The van der Waals surface area contributed by atoms with E-state index in [0.29, 0.717) is 5.92 Å². The topological polar surface area (TPSA) is 32.3 Å². The average molecular weight is 375 g/mol. The van der Waals surface area contributed by atoms with Gasteiger partial charge >= 0.3 is 0 Å². The van der Waals surface area contributed by atoms with E-state index in [-0.39, 0.29) is 23.7 Å². The number of halogens is 1. The fourth-order valence-electron chi connectivity index (χ4n) is 3.51. The molecular formula is C21H27FN2OS. The maximum atomic E-state index is 13.0. The second-order valence-electron chi connectivity index (χ2n) is 7.42. The predicted octanol–water partition coefficient (Wildman–Crippen LogP) is 4.61. The van der Waals surface area contributed by atoms with Crippen LogP contribution in [0.25, 0.3) is 0 Å². The molecule has 1 amide bonds. The lowest BCUT2D eigenvalue weighted by Gasteiger charge is -2.32. The quantitative estimate of drug-likeness (QED) is 0.801. The highest BCUT2D eigenvalue weighted by Gasteiger charge is 2.28. The normalized spacial score (nSPS) is 17.4. The number of carbonyl (C=O) groups is 1. The molecule has 1 aromatic heterocycles. The van der Waals surface area contributed by atoms with Crippen LogP contribution < -0.4 is 5.32 Å². The van der Waals surface area contributed by atoms with Crippen molar-refractivity contribution in [3.05, 3.63) is 58.0 Å². The largest absolute Gasteiger partial charge is 0.348 e. The summed E-state index contributed by atoms with van der Waals surface area (Å²) in [5, 5.41) is 5.33. The molecule has 26 heavy (non-hydrogen) atoms. The van der Waals surface area contributed by atoms with Crippen molar-refractivity contribution in [2.75, 3.05) is 13.1 Å². The van der Waals surface area contributed by atoms with Gasteiger partial charge in [0, 0.05) is 17.3 Å². The Morgan fingerprint density at radius 3 is 2.50 bits per heavy atom. The third kappa shape index (κ3) is 4.92. The Morgan fingerprint density at radius 1 is 1.23 bits per heavy atom.